The predicted molar refractivity (Wildman–Crippen MR) is 105 cm³/mol. The Labute approximate surface area is 170 Å². The van der Waals surface area contributed by atoms with E-state index >= 15 is 0 Å². The lowest BCUT2D eigenvalue weighted by atomic mass is 10.2. The Balaban J connectivity index is 1.41. The molecule has 9 nitrogen and oxygen atoms in total. The lowest BCUT2D eigenvalue weighted by Crippen LogP contribution is -2.28. The van der Waals surface area contributed by atoms with Gasteiger partial charge in [0, 0.05) is 17.8 Å². The number of benzene rings is 1. The number of pyridine rings is 1. The van der Waals surface area contributed by atoms with Gasteiger partial charge in [-0.25, -0.2) is 9.37 Å². The fourth-order valence-electron chi connectivity index (χ4n) is 2.80. The van der Waals surface area contributed by atoms with E-state index < -0.39 is 0 Å². The molecule has 1 N–H and O–H groups in total. The highest BCUT2D eigenvalue weighted by atomic mass is 19.1. The first kappa shape index (κ1) is 19.2. The van der Waals surface area contributed by atoms with Gasteiger partial charge in [-0.15, -0.1) is 15.3 Å². The lowest BCUT2D eigenvalue weighted by molar-refractivity contribution is 0.0942. The molecular weight excluding hydrogens is 391 g/mol. The summed E-state index contributed by atoms with van der Waals surface area (Å²) >= 11 is 0. The number of ether oxygens (including phenoxy) is 2. The van der Waals surface area contributed by atoms with Gasteiger partial charge in [0.1, 0.15) is 18.0 Å². The van der Waals surface area contributed by atoms with E-state index in [1.807, 2.05) is 0 Å². The van der Waals surface area contributed by atoms with E-state index in [0.717, 1.165) is 0 Å². The molecule has 0 aliphatic heterocycles. The molecule has 0 unspecified atom stereocenters. The average molecular weight is 408 g/mol. The predicted octanol–water partition coefficient (Wildman–Crippen LogP) is 2.14. The van der Waals surface area contributed by atoms with Crippen molar-refractivity contribution in [3.8, 4) is 23.1 Å². The van der Waals surface area contributed by atoms with Crippen LogP contribution in [-0.4, -0.2) is 51.0 Å². The van der Waals surface area contributed by atoms with Crippen molar-refractivity contribution in [2.24, 2.45) is 0 Å². The van der Waals surface area contributed by atoms with Gasteiger partial charge in [-0.1, -0.05) is 12.1 Å². The number of hydrogen-bond donors (Lipinski definition) is 1. The zero-order valence-electron chi connectivity index (χ0n) is 15.9. The Hall–Kier alpha value is -4.08. The van der Waals surface area contributed by atoms with Crippen LogP contribution in [0.3, 0.4) is 0 Å². The normalized spacial score (nSPS) is 10.7. The molecule has 10 heteroatoms. The van der Waals surface area contributed by atoms with Crippen molar-refractivity contribution in [2.45, 2.75) is 0 Å². The lowest BCUT2D eigenvalue weighted by Gasteiger charge is -2.09. The molecule has 0 aliphatic carbocycles. The Morgan fingerprint density at radius 1 is 1.17 bits per heavy atom. The summed E-state index contributed by atoms with van der Waals surface area (Å²) in [7, 11) is 1.45. The number of carbonyl (C=O) groups excluding carboxylic acids is 1. The van der Waals surface area contributed by atoms with Crippen LogP contribution in [0.5, 0.6) is 11.8 Å². The highest BCUT2D eigenvalue weighted by Crippen LogP contribution is 2.19. The molecule has 3 aromatic heterocycles. The van der Waals surface area contributed by atoms with Crippen LogP contribution in [0.25, 0.3) is 17.0 Å². The van der Waals surface area contributed by atoms with Crippen molar-refractivity contribution in [3.63, 3.8) is 0 Å². The zero-order chi connectivity index (χ0) is 20.9. The second-order valence-corrected chi connectivity index (χ2v) is 6.14. The molecule has 3 heterocycles. The smallest absolute Gasteiger partial charge is 0.256 e. The molecular formula is C20H17FN6O3. The zero-order valence-corrected chi connectivity index (χ0v) is 15.9. The topological polar surface area (TPSA) is 104 Å². The summed E-state index contributed by atoms with van der Waals surface area (Å²) in [6.45, 7) is 0.430. The molecule has 152 valence electrons. The van der Waals surface area contributed by atoms with Crippen LogP contribution in [0.1, 0.15) is 10.4 Å². The Kier molecular flexibility index (Phi) is 5.46. The van der Waals surface area contributed by atoms with Crippen LogP contribution in [0.2, 0.25) is 0 Å². The van der Waals surface area contributed by atoms with Crippen LogP contribution in [0.15, 0.2) is 54.7 Å². The molecule has 4 rings (SSSR count). The van der Waals surface area contributed by atoms with Crippen molar-refractivity contribution >= 4 is 11.6 Å². The van der Waals surface area contributed by atoms with Crippen LogP contribution in [-0.2, 0) is 0 Å². The minimum atomic E-state index is -0.377. The molecule has 0 saturated carbocycles. The average Bonchev–Trinajstić information content (AvgIpc) is 3.20. The van der Waals surface area contributed by atoms with E-state index in [2.05, 4.69) is 25.6 Å². The number of nitrogens with zero attached hydrogens (tertiary/aromatic N) is 5. The van der Waals surface area contributed by atoms with E-state index in [4.69, 9.17) is 9.47 Å². The highest BCUT2D eigenvalue weighted by molar-refractivity contribution is 5.96. The van der Waals surface area contributed by atoms with Crippen LogP contribution >= 0.6 is 0 Å². The molecule has 0 aliphatic rings. The Morgan fingerprint density at radius 3 is 2.90 bits per heavy atom. The molecule has 1 amide bonds. The van der Waals surface area contributed by atoms with Crippen molar-refractivity contribution in [2.75, 3.05) is 20.3 Å². The third-order valence-corrected chi connectivity index (χ3v) is 4.17. The summed E-state index contributed by atoms with van der Waals surface area (Å²) in [6.07, 6.45) is 1.55. The second-order valence-electron chi connectivity index (χ2n) is 6.14. The van der Waals surface area contributed by atoms with E-state index in [-0.39, 0.29) is 30.8 Å². The summed E-state index contributed by atoms with van der Waals surface area (Å²) in [5, 5.41) is 15.2. The molecule has 0 fully saturated rings. The summed E-state index contributed by atoms with van der Waals surface area (Å²) in [5.74, 6) is 0.261. The SMILES string of the molecule is COc1ncccc1C(=O)NCCOc1ccc2nnc(-c3cccc(F)c3)n2n1. The van der Waals surface area contributed by atoms with Gasteiger partial charge in [0.05, 0.1) is 13.7 Å². The van der Waals surface area contributed by atoms with Gasteiger partial charge in [-0.2, -0.15) is 4.52 Å². The van der Waals surface area contributed by atoms with Crippen LogP contribution in [0.4, 0.5) is 4.39 Å². The highest BCUT2D eigenvalue weighted by Gasteiger charge is 2.13. The van der Waals surface area contributed by atoms with Crippen molar-refractivity contribution in [3.05, 3.63) is 66.1 Å². The number of halogens is 1. The van der Waals surface area contributed by atoms with Crippen molar-refractivity contribution < 1.29 is 18.7 Å². The van der Waals surface area contributed by atoms with Gasteiger partial charge in [0.15, 0.2) is 11.5 Å². The van der Waals surface area contributed by atoms with Gasteiger partial charge >= 0.3 is 0 Å². The van der Waals surface area contributed by atoms with E-state index in [0.29, 0.717) is 28.5 Å². The minimum absolute atomic E-state index is 0.185. The number of methoxy groups -OCH3 is 1. The van der Waals surface area contributed by atoms with E-state index in [1.165, 1.54) is 23.8 Å². The number of rotatable bonds is 7. The molecule has 0 spiro atoms. The summed E-state index contributed by atoms with van der Waals surface area (Å²) in [5.41, 5.74) is 1.38. The Bertz CT molecular complexity index is 1200. The van der Waals surface area contributed by atoms with Gasteiger partial charge in [0.25, 0.3) is 5.91 Å². The quantitative estimate of drug-likeness (QED) is 0.467. The molecule has 0 radical (unpaired) electrons. The summed E-state index contributed by atoms with van der Waals surface area (Å²) in [6, 6.07) is 12.6. The van der Waals surface area contributed by atoms with Gasteiger partial charge < -0.3 is 14.8 Å². The number of aromatic nitrogens is 5. The first-order chi connectivity index (χ1) is 14.7. The van der Waals surface area contributed by atoms with Gasteiger partial charge in [-0.3, -0.25) is 4.79 Å². The fourth-order valence-corrected chi connectivity index (χ4v) is 2.80. The maximum Gasteiger partial charge on any atom is 0.256 e. The Morgan fingerprint density at radius 2 is 2.07 bits per heavy atom. The number of hydrogen-bond acceptors (Lipinski definition) is 7. The standard InChI is InChI=1S/C20H17FN6O3/c1-29-20-15(6-3-9-23-20)19(28)22-10-11-30-17-8-7-16-24-25-18(27(16)26-17)13-4-2-5-14(21)12-13/h2-9,12H,10-11H2,1H3,(H,22,28). The molecule has 1 aromatic carbocycles. The number of nitrogens with one attached hydrogen (secondary N) is 1. The fraction of sp³-hybridized carbons (Fsp3) is 0.150. The van der Waals surface area contributed by atoms with Crippen LogP contribution in [0, 0.1) is 5.82 Å². The van der Waals surface area contributed by atoms with Crippen molar-refractivity contribution in [1.29, 1.82) is 0 Å². The number of carbonyl (C=O) groups is 1. The molecule has 4 aromatic rings. The van der Waals surface area contributed by atoms with Crippen LogP contribution < -0.4 is 14.8 Å². The van der Waals surface area contributed by atoms with Gasteiger partial charge in [0.2, 0.25) is 11.8 Å². The molecule has 0 saturated heterocycles. The molecule has 30 heavy (non-hydrogen) atoms. The number of fused-ring (bicyclic) bond motifs is 1. The van der Waals surface area contributed by atoms with Gasteiger partial charge in [-0.05, 0) is 30.3 Å². The maximum atomic E-state index is 13.5. The molecule has 0 atom stereocenters. The van der Waals surface area contributed by atoms with E-state index in [9.17, 15) is 9.18 Å². The number of amides is 1. The summed E-state index contributed by atoms with van der Waals surface area (Å²) < 4.78 is 25.7. The monoisotopic (exact) mass is 408 g/mol. The largest absolute Gasteiger partial charge is 0.480 e. The van der Waals surface area contributed by atoms with Crippen molar-refractivity contribution in [1.82, 2.24) is 30.1 Å². The first-order valence-electron chi connectivity index (χ1n) is 9.04. The molecule has 0 bridgehead atoms. The van der Waals surface area contributed by atoms with E-state index in [1.54, 1.807) is 42.6 Å². The minimum Gasteiger partial charge on any atom is -0.480 e. The second kappa shape index (κ2) is 8.52. The summed E-state index contributed by atoms with van der Waals surface area (Å²) in [4.78, 5) is 16.2. The first-order valence-corrected chi connectivity index (χ1v) is 9.04. The maximum absolute atomic E-state index is 13.5. The third-order valence-electron chi connectivity index (χ3n) is 4.17. The third kappa shape index (κ3) is 4.02.